The first kappa shape index (κ1) is 14.8. The molecule has 2 amide bonds. The summed E-state index contributed by atoms with van der Waals surface area (Å²) in [7, 11) is 0. The molecule has 6 nitrogen and oxygen atoms in total. The lowest BCUT2D eigenvalue weighted by Gasteiger charge is -2.28. The highest BCUT2D eigenvalue weighted by Gasteiger charge is 2.43. The van der Waals surface area contributed by atoms with Crippen LogP contribution in [0.15, 0.2) is 0 Å². The van der Waals surface area contributed by atoms with E-state index in [0.29, 0.717) is 5.01 Å². The number of aromatic nitrogens is 2. The van der Waals surface area contributed by atoms with Crippen molar-refractivity contribution >= 4 is 23.2 Å². The molecule has 9 heteroatoms. The number of nitrogens with zero attached hydrogens (tertiary/aromatic N) is 2. The predicted molar refractivity (Wildman–Crippen MR) is 67.5 cm³/mol. The molecule has 110 valence electrons. The summed E-state index contributed by atoms with van der Waals surface area (Å²) in [4.78, 5) is 22.7. The number of hydrogen-bond acceptors (Lipinski definition) is 5. The maximum Gasteiger partial charge on any atom is 0.324 e. The van der Waals surface area contributed by atoms with Crippen molar-refractivity contribution < 1.29 is 18.4 Å². The third-order valence-electron chi connectivity index (χ3n) is 2.90. The van der Waals surface area contributed by atoms with Crippen molar-refractivity contribution in [2.45, 2.75) is 38.2 Å². The standard InChI is InChI=1S/C11H14F2N4O2S/c1-6-16-17-9(20-6)4-8(18)14-5-7-2-3-11(12,13)10(19)15-7/h7H,2-5H2,1H3,(H,14,18)(H,15,19). The van der Waals surface area contributed by atoms with Gasteiger partial charge >= 0.3 is 5.92 Å². The Hall–Kier alpha value is -1.64. The van der Waals surface area contributed by atoms with E-state index in [-0.39, 0.29) is 25.3 Å². The van der Waals surface area contributed by atoms with Gasteiger partial charge in [0, 0.05) is 19.0 Å². The number of carbonyl (C=O) groups is 2. The van der Waals surface area contributed by atoms with Gasteiger partial charge in [0.1, 0.15) is 10.0 Å². The van der Waals surface area contributed by atoms with Crippen LogP contribution < -0.4 is 10.6 Å². The first-order valence-corrected chi connectivity index (χ1v) is 6.93. The normalized spacial score (nSPS) is 21.4. The summed E-state index contributed by atoms with van der Waals surface area (Å²) in [6, 6.07) is -0.456. The number of halogens is 2. The van der Waals surface area contributed by atoms with Gasteiger partial charge in [0.05, 0.1) is 6.42 Å². The fourth-order valence-electron chi connectivity index (χ4n) is 1.83. The molecule has 0 aliphatic carbocycles. The van der Waals surface area contributed by atoms with Crippen molar-refractivity contribution in [3.8, 4) is 0 Å². The van der Waals surface area contributed by atoms with Gasteiger partial charge in [-0.15, -0.1) is 21.5 Å². The summed E-state index contributed by atoms with van der Waals surface area (Å²) in [5.74, 6) is -4.85. The molecule has 2 N–H and O–H groups in total. The third-order valence-corrected chi connectivity index (χ3v) is 3.74. The molecule has 20 heavy (non-hydrogen) atoms. The lowest BCUT2D eigenvalue weighted by molar-refractivity contribution is -0.151. The molecule has 0 aromatic carbocycles. The predicted octanol–water partition coefficient (Wildman–Crippen LogP) is 0.419. The van der Waals surface area contributed by atoms with E-state index < -0.39 is 24.3 Å². The molecular formula is C11H14F2N4O2S. The van der Waals surface area contributed by atoms with Crippen molar-refractivity contribution in [3.05, 3.63) is 10.0 Å². The fraction of sp³-hybridized carbons (Fsp3) is 0.636. The fourth-order valence-corrected chi connectivity index (χ4v) is 2.54. The SMILES string of the molecule is Cc1nnc(CC(=O)NCC2CCC(F)(F)C(=O)N2)s1. The molecule has 1 fully saturated rings. The van der Waals surface area contributed by atoms with Crippen molar-refractivity contribution in [3.63, 3.8) is 0 Å². The number of hydrogen-bond donors (Lipinski definition) is 2. The summed E-state index contributed by atoms with van der Waals surface area (Å²) < 4.78 is 25.9. The molecule has 1 unspecified atom stereocenters. The minimum absolute atomic E-state index is 0.0995. The van der Waals surface area contributed by atoms with Crippen LogP contribution in [-0.2, 0) is 16.0 Å². The summed E-state index contributed by atoms with van der Waals surface area (Å²) in [5.41, 5.74) is 0. The van der Waals surface area contributed by atoms with Gasteiger partial charge in [0.25, 0.3) is 5.91 Å². The highest BCUT2D eigenvalue weighted by molar-refractivity contribution is 7.11. The number of piperidine rings is 1. The van der Waals surface area contributed by atoms with E-state index >= 15 is 0 Å². The van der Waals surface area contributed by atoms with Crippen LogP contribution in [0, 0.1) is 6.92 Å². The summed E-state index contributed by atoms with van der Waals surface area (Å²) >= 11 is 1.33. The van der Waals surface area contributed by atoms with E-state index in [1.165, 1.54) is 11.3 Å². The van der Waals surface area contributed by atoms with E-state index in [9.17, 15) is 18.4 Å². The molecule has 0 bridgehead atoms. The summed E-state index contributed by atoms with van der Waals surface area (Å²) in [6.07, 6.45) is -0.256. The summed E-state index contributed by atoms with van der Waals surface area (Å²) in [6.45, 7) is 1.93. The Morgan fingerprint density at radius 2 is 2.30 bits per heavy atom. The Balaban J connectivity index is 1.75. The average molecular weight is 304 g/mol. The van der Waals surface area contributed by atoms with E-state index in [2.05, 4.69) is 20.8 Å². The van der Waals surface area contributed by atoms with Gasteiger partial charge in [-0.3, -0.25) is 9.59 Å². The lowest BCUT2D eigenvalue weighted by atomic mass is 10.0. The Kier molecular flexibility index (Phi) is 4.26. The van der Waals surface area contributed by atoms with Crippen LogP contribution in [0.3, 0.4) is 0 Å². The smallest absolute Gasteiger partial charge is 0.324 e. The molecule has 1 saturated heterocycles. The molecule has 2 rings (SSSR count). The van der Waals surface area contributed by atoms with Gasteiger partial charge in [-0.25, -0.2) is 0 Å². The molecule has 0 saturated carbocycles. The van der Waals surface area contributed by atoms with Crippen molar-refractivity contribution in [2.75, 3.05) is 6.54 Å². The zero-order chi connectivity index (χ0) is 14.8. The van der Waals surface area contributed by atoms with Gasteiger partial charge in [0.15, 0.2) is 0 Å². The summed E-state index contributed by atoms with van der Waals surface area (Å²) in [5, 5.41) is 13.8. The Labute approximate surface area is 118 Å². The quantitative estimate of drug-likeness (QED) is 0.844. The second kappa shape index (κ2) is 5.78. The Morgan fingerprint density at radius 1 is 1.55 bits per heavy atom. The van der Waals surface area contributed by atoms with Gasteiger partial charge < -0.3 is 10.6 Å². The van der Waals surface area contributed by atoms with E-state index in [1.54, 1.807) is 6.92 Å². The van der Waals surface area contributed by atoms with Crippen LogP contribution in [0.1, 0.15) is 22.9 Å². The third kappa shape index (κ3) is 3.69. The topological polar surface area (TPSA) is 84.0 Å². The number of alkyl halides is 2. The Morgan fingerprint density at radius 3 is 2.90 bits per heavy atom. The largest absolute Gasteiger partial charge is 0.354 e. The van der Waals surface area contributed by atoms with Crippen molar-refractivity contribution in [2.24, 2.45) is 0 Å². The van der Waals surface area contributed by atoms with E-state index in [0.717, 1.165) is 5.01 Å². The number of amides is 2. The van der Waals surface area contributed by atoms with Gasteiger partial charge in [-0.05, 0) is 13.3 Å². The maximum absolute atomic E-state index is 12.9. The molecule has 0 radical (unpaired) electrons. The van der Waals surface area contributed by atoms with Crippen LogP contribution in [0.4, 0.5) is 8.78 Å². The second-order valence-electron chi connectivity index (χ2n) is 4.61. The number of rotatable bonds is 4. The lowest BCUT2D eigenvalue weighted by Crippen LogP contribution is -2.54. The molecule has 2 heterocycles. The highest BCUT2D eigenvalue weighted by atomic mass is 32.1. The van der Waals surface area contributed by atoms with Crippen LogP contribution in [0.25, 0.3) is 0 Å². The molecule has 0 spiro atoms. The first-order valence-electron chi connectivity index (χ1n) is 6.11. The minimum atomic E-state index is -3.30. The van der Waals surface area contributed by atoms with Crippen LogP contribution in [-0.4, -0.2) is 40.5 Å². The molecular weight excluding hydrogens is 290 g/mol. The first-order chi connectivity index (χ1) is 9.37. The maximum atomic E-state index is 12.9. The molecule has 1 aromatic heterocycles. The van der Waals surface area contributed by atoms with Crippen LogP contribution in [0.5, 0.6) is 0 Å². The zero-order valence-electron chi connectivity index (χ0n) is 10.8. The van der Waals surface area contributed by atoms with Gasteiger partial charge in [-0.2, -0.15) is 8.78 Å². The Bertz CT molecular complexity index is 520. The van der Waals surface area contributed by atoms with Gasteiger partial charge in [0.2, 0.25) is 5.91 Å². The van der Waals surface area contributed by atoms with Crippen LogP contribution in [0.2, 0.25) is 0 Å². The van der Waals surface area contributed by atoms with Crippen molar-refractivity contribution in [1.29, 1.82) is 0 Å². The number of nitrogens with one attached hydrogen (secondary N) is 2. The highest BCUT2D eigenvalue weighted by Crippen LogP contribution is 2.25. The molecule has 1 aliphatic heterocycles. The zero-order valence-corrected chi connectivity index (χ0v) is 11.6. The number of carbonyl (C=O) groups excluding carboxylic acids is 2. The second-order valence-corrected chi connectivity index (χ2v) is 5.88. The molecule has 1 aromatic rings. The van der Waals surface area contributed by atoms with Crippen LogP contribution >= 0.6 is 11.3 Å². The monoisotopic (exact) mass is 304 g/mol. The average Bonchev–Trinajstić information content (AvgIpc) is 2.76. The molecule has 1 aliphatic rings. The van der Waals surface area contributed by atoms with Crippen molar-refractivity contribution in [1.82, 2.24) is 20.8 Å². The van der Waals surface area contributed by atoms with E-state index in [4.69, 9.17) is 0 Å². The van der Waals surface area contributed by atoms with Gasteiger partial charge in [-0.1, -0.05) is 0 Å². The van der Waals surface area contributed by atoms with E-state index in [1.807, 2.05) is 0 Å². The molecule has 1 atom stereocenters. The minimum Gasteiger partial charge on any atom is -0.354 e. The number of aryl methyl sites for hydroxylation is 1.